The summed E-state index contributed by atoms with van der Waals surface area (Å²) >= 11 is 0. The Bertz CT molecular complexity index is 309. The molecule has 2 atom stereocenters. The SMILES string of the molecule is CCOP(=O)(CC[C@H](O)[C@@H]1COC(C)(C)O1)OCC. The lowest BCUT2D eigenvalue weighted by Crippen LogP contribution is -2.31. The van der Waals surface area contributed by atoms with Crippen LogP contribution >= 0.6 is 7.60 Å². The molecule has 1 N–H and O–H groups in total. The van der Waals surface area contributed by atoms with Crippen molar-refractivity contribution >= 4 is 7.60 Å². The van der Waals surface area contributed by atoms with E-state index >= 15 is 0 Å². The van der Waals surface area contributed by atoms with Gasteiger partial charge in [-0.05, 0) is 34.1 Å². The Morgan fingerprint density at radius 1 is 1.37 bits per heavy atom. The fraction of sp³-hybridized carbons (Fsp3) is 1.00. The van der Waals surface area contributed by atoms with Crippen molar-refractivity contribution in [2.75, 3.05) is 26.0 Å². The number of aliphatic hydroxyl groups excluding tert-OH is 1. The first-order chi connectivity index (χ1) is 8.82. The summed E-state index contributed by atoms with van der Waals surface area (Å²) in [6.07, 6.45) is -0.667. The van der Waals surface area contributed by atoms with Gasteiger partial charge in [0.05, 0.1) is 32.1 Å². The molecule has 0 bridgehead atoms. The summed E-state index contributed by atoms with van der Waals surface area (Å²) in [6.45, 7) is 8.10. The maximum atomic E-state index is 12.2. The average molecular weight is 296 g/mol. The number of rotatable bonds is 8. The Morgan fingerprint density at radius 3 is 2.37 bits per heavy atom. The van der Waals surface area contributed by atoms with Gasteiger partial charge in [-0.2, -0.15) is 0 Å². The lowest BCUT2D eigenvalue weighted by atomic mass is 10.2. The van der Waals surface area contributed by atoms with Crippen molar-refractivity contribution < 1.29 is 28.2 Å². The second-order valence-electron chi connectivity index (χ2n) is 4.89. The zero-order valence-corrected chi connectivity index (χ0v) is 13.0. The molecule has 0 aromatic rings. The quantitative estimate of drug-likeness (QED) is 0.692. The summed E-state index contributed by atoms with van der Waals surface area (Å²) in [7, 11) is -3.10. The monoisotopic (exact) mass is 296 g/mol. The van der Waals surface area contributed by atoms with Crippen molar-refractivity contribution in [3.05, 3.63) is 0 Å². The Hall–Kier alpha value is 0.0300. The molecule has 1 aliphatic heterocycles. The van der Waals surface area contributed by atoms with E-state index in [1.165, 1.54) is 0 Å². The van der Waals surface area contributed by atoms with E-state index in [9.17, 15) is 9.67 Å². The van der Waals surface area contributed by atoms with E-state index in [4.69, 9.17) is 18.5 Å². The lowest BCUT2D eigenvalue weighted by Gasteiger charge is -2.22. The van der Waals surface area contributed by atoms with Gasteiger partial charge >= 0.3 is 7.60 Å². The van der Waals surface area contributed by atoms with Crippen molar-refractivity contribution in [1.29, 1.82) is 0 Å². The van der Waals surface area contributed by atoms with Crippen LogP contribution < -0.4 is 0 Å². The molecule has 6 nitrogen and oxygen atoms in total. The molecule has 0 spiro atoms. The number of hydrogen-bond acceptors (Lipinski definition) is 6. The van der Waals surface area contributed by atoms with Gasteiger partial charge in [0, 0.05) is 0 Å². The summed E-state index contributed by atoms with van der Waals surface area (Å²) in [5.74, 6) is -0.671. The molecule has 1 rings (SSSR count). The minimum Gasteiger partial charge on any atom is -0.390 e. The van der Waals surface area contributed by atoms with E-state index in [0.29, 0.717) is 26.2 Å². The third-order valence-electron chi connectivity index (χ3n) is 2.81. The highest BCUT2D eigenvalue weighted by atomic mass is 31.2. The van der Waals surface area contributed by atoms with Crippen LogP contribution in [0.4, 0.5) is 0 Å². The molecule has 0 amide bonds. The molecule has 0 aromatic heterocycles. The summed E-state index contributed by atoms with van der Waals surface area (Å²) in [4.78, 5) is 0. The van der Waals surface area contributed by atoms with Gasteiger partial charge in [0.2, 0.25) is 0 Å². The maximum Gasteiger partial charge on any atom is 0.330 e. The molecule has 114 valence electrons. The van der Waals surface area contributed by atoms with E-state index in [-0.39, 0.29) is 6.16 Å². The number of hydrogen-bond donors (Lipinski definition) is 1. The highest BCUT2D eigenvalue weighted by molar-refractivity contribution is 7.53. The van der Waals surface area contributed by atoms with Crippen LogP contribution in [-0.4, -0.2) is 49.1 Å². The second kappa shape index (κ2) is 7.16. The third-order valence-corrected chi connectivity index (χ3v) is 4.92. The fourth-order valence-electron chi connectivity index (χ4n) is 1.94. The summed E-state index contributed by atoms with van der Waals surface area (Å²) < 4.78 is 33.5. The average Bonchev–Trinajstić information content (AvgIpc) is 2.67. The van der Waals surface area contributed by atoms with Gasteiger partial charge in [-0.3, -0.25) is 4.57 Å². The maximum absolute atomic E-state index is 12.2. The van der Waals surface area contributed by atoms with E-state index < -0.39 is 25.6 Å². The van der Waals surface area contributed by atoms with Crippen molar-refractivity contribution in [1.82, 2.24) is 0 Å². The molecule has 0 radical (unpaired) electrons. The minimum atomic E-state index is -3.10. The van der Waals surface area contributed by atoms with E-state index in [0.717, 1.165) is 0 Å². The number of aliphatic hydroxyl groups is 1. The Balaban J connectivity index is 2.44. The van der Waals surface area contributed by atoms with Gasteiger partial charge in [0.1, 0.15) is 6.10 Å². The molecular weight excluding hydrogens is 271 g/mol. The van der Waals surface area contributed by atoms with Gasteiger partial charge in [-0.25, -0.2) is 0 Å². The molecule has 0 saturated carbocycles. The first-order valence-electron chi connectivity index (χ1n) is 6.70. The van der Waals surface area contributed by atoms with Crippen LogP contribution in [0.3, 0.4) is 0 Å². The van der Waals surface area contributed by atoms with E-state index in [1.807, 2.05) is 0 Å². The molecule has 7 heteroatoms. The molecule has 0 aromatic carbocycles. The van der Waals surface area contributed by atoms with Crippen molar-refractivity contribution in [3.63, 3.8) is 0 Å². The minimum absolute atomic E-state index is 0.177. The molecule has 1 heterocycles. The zero-order chi connectivity index (χ0) is 14.5. The molecule has 1 saturated heterocycles. The summed E-state index contributed by atoms with van der Waals surface area (Å²) in [5.41, 5.74) is 0. The van der Waals surface area contributed by atoms with Crippen LogP contribution in [0.2, 0.25) is 0 Å². The van der Waals surface area contributed by atoms with Crippen LogP contribution in [0.1, 0.15) is 34.1 Å². The van der Waals surface area contributed by atoms with Gasteiger partial charge in [0.25, 0.3) is 0 Å². The van der Waals surface area contributed by atoms with Crippen LogP contribution in [0.25, 0.3) is 0 Å². The predicted molar refractivity (Wildman–Crippen MR) is 71.3 cm³/mol. The van der Waals surface area contributed by atoms with Gasteiger partial charge in [-0.15, -0.1) is 0 Å². The smallest absolute Gasteiger partial charge is 0.330 e. The van der Waals surface area contributed by atoms with Crippen LogP contribution in [-0.2, 0) is 23.1 Å². The standard InChI is InChI=1S/C12H25O6P/c1-5-16-19(14,17-6-2)8-7-10(13)11-9-15-12(3,4)18-11/h10-11,13H,5-9H2,1-4H3/t10-,11-/m0/s1. The van der Waals surface area contributed by atoms with Gasteiger partial charge in [0.15, 0.2) is 5.79 Å². The predicted octanol–water partition coefficient (Wildman–Crippen LogP) is 2.16. The Morgan fingerprint density at radius 2 is 1.95 bits per heavy atom. The van der Waals surface area contributed by atoms with Crippen molar-refractivity contribution in [3.8, 4) is 0 Å². The first-order valence-corrected chi connectivity index (χ1v) is 8.42. The fourth-order valence-corrected chi connectivity index (χ4v) is 3.64. The topological polar surface area (TPSA) is 74.2 Å². The first kappa shape index (κ1) is 17.1. The summed E-state index contributed by atoms with van der Waals surface area (Å²) in [6, 6.07) is 0. The second-order valence-corrected chi connectivity index (χ2v) is 7.08. The molecular formula is C12H25O6P. The highest BCUT2D eigenvalue weighted by Crippen LogP contribution is 2.48. The van der Waals surface area contributed by atoms with E-state index in [1.54, 1.807) is 27.7 Å². The van der Waals surface area contributed by atoms with Gasteiger partial charge in [-0.1, -0.05) is 0 Å². The zero-order valence-electron chi connectivity index (χ0n) is 12.1. The van der Waals surface area contributed by atoms with Crippen molar-refractivity contribution in [2.24, 2.45) is 0 Å². The van der Waals surface area contributed by atoms with Crippen LogP contribution in [0.5, 0.6) is 0 Å². The van der Waals surface area contributed by atoms with Crippen LogP contribution in [0.15, 0.2) is 0 Å². The van der Waals surface area contributed by atoms with E-state index in [2.05, 4.69) is 0 Å². The van der Waals surface area contributed by atoms with Crippen LogP contribution in [0, 0.1) is 0 Å². The Kier molecular flexibility index (Phi) is 6.43. The molecule has 1 aliphatic rings. The summed E-state index contributed by atoms with van der Waals surface area (Å²) in [5, 5.41) is 10.0. The third kappa shape index (κ3) is 5.50. The lowest BCUT2D eigenvalue weighted by molar-refractivity contribution is -0.151. The molecule has 0 aliphatic carbocycles. The number of ether oxygens (including phenoxy) is 2. The Labute approximate surface area is 114 Å². The molecule has 0 unspecified atom stereocenters. The normalized spacial score (nSPS) is 24.6. The highest BCUT2D eigenvalue weighted by Gasteiger charge is 2.37. The molecule has 1 fully saturated rings. The molecule has 19 heavy (non-hydrogen) atoms. The van der Waals surface area contributed by atoms with Crippen molar-refractivity contribution in [2.45, 2.75) is 52.1 Å². The van der Waals surface area contributed by atoms with Gasteiger partial charge < -0.3 is 23.6 Å². The largest absolute Gasteiger partial charge is 0.390 e.